The largest absolute Gasteiger partial charge is 0.489 e. The van der Waals surface area contributed by atoms with Crippen LogP contribution in [0.3, 0.4) is 0 Å². The van der Waals surface area contributed by atoms with Gasteiger partial charge >= 0.3 is 5.97 Å². The molecule has 124 valence electrons. The molecule has 2 aromatic rings. The highest BCUT2D eigenvalue weighted by Crippen LogP contribution is 2.30. The zero-order valence-corrected chi connectivity index (χ0v) is 14.4. The highest BCUT2D eigenvalue weighted by Gasteiger charge is 2.15. The summed E-state index contributed by atoms with van der Waals surface area (Å²) in [6.45, 7) is 5.97. The van der Waals surface area contributed by atoms with Gasteiger partial charge in [0, 0.05) is 12.6 Å². The first kappa shape index (κ1) is 17.3. The van der Waals surface area contributed by atoms with E-state index in [0.717, 1.165) is 5.56 Å². The minimum atomic E-state index is -0.325. The maximum absolute atomic E-state index is 11.6. The Bertz CT molecular complexity index is 698. The number of benzene rings is 1. The van der Waals surface area contributed by atoms with Crippen LogP contribution < -0.4 is 4.74 Å². The Hall–Kier alpha value is -2.08. The van der Waals surface area contributed by atoms with Gasteiger partial charge in [0.2, 0.25) is 0 Å². The first-order valence-corrected chi connectivity index (χ1v) is 7.80. The SMILES string of the molecule is CCOC(=O)Cc1nc(-c2ccc(Cl)c(OC(C)C)c2)nn1C. The van der Waals surface area contributed by atoms with Gasteiger partial charge in [0.15, 0.2) is 5.82 Å². The Morgan fingerprint density at radius 1 is 1.39 bits per heavy atom. The molecule has 0 amide bonds. The van der Waals surface area contributed by atoms with Gasteiger partial charge in [-0.25, -0.2) is 4.98 Å². The summed E-state index contributed by atoms with van der Waals surface area (Å²) >= 11 is 6.14. The summed E-state index contributed by atoms with van der Waals surface area (Å²) in [6, 6.07) is 5.36. The summed E-state index contributed by atoms with van der Waals surface area (Å²) in [7, 11) is 1.74. The number of nitrogens with zero attached hydrogens (tertiary/aromatic N) is 3. The Balaban J connectivity index is 2.27. The van der Waals surface area contributed by atoms with E-state index in [9.17, 15) is 4.79 Å². The number of aryl methyl sites for hydroxylation is 1. The number of carbonyl (C=O) groups is 1. The molecule has 0 radical (unpaired) electrons. The van der Waals surface area contributed by atoms with Crippen LogP contribution in [0.2, 0.25) is 5.02 Å². The summed E-state index contributed by atoms with van der Waals surface area (Å²) < 4.78 is 12.2. The van der Waals surface area contributed by atoms with Crippen molar-refractivity contribution in [1.29, 1.82) is 0 Å². The number of ether oxygens (including phenoxy) is 2. The number of aromatic nitrogens is 3. The van der Waals surface area contributed by atoms with Gasteiger partial charge in [-0.2, -0.15) is 5.10 Å². The summed E-state index contributed by atoms with van der Waals surface area (Å²) in [5, 5.41) is 4.88. The summed E-state index contributed by atoms with van der Waals surface area (Å²) in [6.07, 6.45) is 0.0964. The van der Waals surface area contributed by atoms with Crippen LogP contribution in [0.25, 0.3) is 11.4 Å². The molecular formula is C16H20ClN3O3. The summed E-state index contributed by atoms with van der Waals surface area (Å²) in [5.74, 6) is 1.31. The van der Waals surface area contributed by atoms with Crippen molar-refractivity contribution >= 4 is 17.6 Å². The molecule has 1 aromatic heterocycles. The molecule has 2 rings (SSSR count). The lowest BCUT2D eigenvalue weighted by Gasteiger charge is -2.11. The highest BCUT2D eigenvalue weighted by atomic mass is 35.5. The molecule has 1 aromatic carbocycles. The first-order chi connectivity index (χ1) is 10.9. The number of rotatable bonds is 6. The number of hydrogen-bond donors (Lipinski definition) is 0. The van der Waals surface area contributed by atoms with Crippen molar-refractivity contribution in [1.82, 2.24) is 14.8 Å². The normalized spacial score (nSPS) is 10.9. The van der Waals surface area contributed by atoms with Gasteiger partial charge in [0.05, 0.1) is 17.7 Å². The fourth-order valence-electron chi connectivity index (χ4n) is 2.02. The molecule has 6 nitrogen and oxygen atoms in total. The Labute approximate surface area is 140 Å². The van der Waals surface area contributed by atoms with Crippen molar-refractivity contribution < 1.29 is 14.3 Å². The van der Waals surface area contributed by atoms with Crippen LogP contribution in [0.1, 0.15) is 26.6 Å². The van der Waals surface area contributed by atoms with E-state index in [1.807, 2.05) is 19.9 Å². The standard InChI is InChI=1S/C16H20ClN3O3/c1-5-22-15(21)9-14-18-16(19-20(14)4)11-6-7-12(17)13(8-11)23-10(2)3/h6-8,10H,5,9H2,1-4H3. The minimum absolute atomic E-state index is 0.0128. The van der Waals surface area contributed by atoms with Gasteiger partial charge < -0.3 is 9.47 Å². The van der Waals surface area contributed by atoms with Gasteiger partial charge in [-0.1, -0.05) is 11.6 Å². The molecule has 0 fully saturated rings. The predicted molar refractivity (Wildman–Crippen MR) is 87.6 cm³/mol. The molecule has 0 saturated heterocycles. The second kappa shape index (κ2) is 7.46. The quantitative estimate of drug-likeness (QED) is 0.758. The molecule has 0 aliphatic heterocycles. The van der Waals surface area contributed by atoms with E-state index in [-0.39, 0.29) is 18.5 Å². The Morgan fingerprint density at radius 2 is 2.13 bits per heavy atom. The summed E-state index contributed by atoms with van der Waals surface area (Å²) in [4.78, 5) is 16.0. The molecule has 0 saturated carbocycles. The topological polar surface area (TPSA) is 66.2 Å². The lowest BCUT2D eigenvalue weighted by molar-refractivity contribution is -0.142. The molecule has 0 aliphatic rings. The van der Waals surface area contributed by atoms with E-state index in [1.54, 1.807) is 30.8 Å². The lowest BCUT2D eigenvalue weighted by atomic mass is 10.2. The molecule has 0 unspecified atom stereocenters. The van der Waals surface area contributed by atoms with Crippen LogP contribution in [-0.4, -0.2) is 33.4 Å². The highest BCUT2D eigenvalue weighted by molar-refractivity contribution is 6.32. The Morgan fingerprint density at radius 3 is 2.78 bits per heavy atom. The number of halogens is 1. The Kier molecular flexibility index (Phi) is 5.60. The second-order valence-corrected chi connectivity index (χ2v) is 5.68. The van der Waals surface area contributed by atoms with E-state index >= 15 is 0 Å². The molecule has 23 heavy (non-hydrogen) atoms. The van der Waals surface area contributed by atoms with Crippen molar-refractivity contribution in [3.8, 4) is 17.1 Å². The summed E-state index contributed by atoms with van der Waals surface area (Å²) in [5.41, 5.74) is 0.774. The van der Waals surface area contributed by atoms with Crippen LogP contribution >= 0.6 is 11.6 Å². The van der Waals surface area contributed by atoms with Crippen LogP contribution in [0.15, 0.2) is 18.2 Å². The molecule has 0 N–H and O–H groups in total. The van der Waals surface area contributed by atoms with Crippen molar-refractivity contribution in [3.63, 3.8) is 0 Å². The van der Waals surface area contributed by atoms with Crippen molar-refractivity contribution in [3.05, 3.63) is 29.0 Å². The third-order valence-corrected chi connectivity index (χ3v) is 3.33. The zero-order chi connectivity index (χ0) is 17.0. The number of hydrogen-bond acceptors (Lipinski definition) is 5. The van der Waals surface area contributed by atoms with Crippen LogP contribution in [0, 0.1) is 0 Å². The van der Waals surface area contributed by atoms with Crippen LogP contribution in [-0.2, 0) is 23.0 Å². The van der Waals surface area contributed by atoms with Gasteiger partial charge in [0.25, 0.3) is 0 Å². The predicted octanol–water partition coefficient (Wildman–Crippen LogP) is 3.03. The zero-order valence-electron chi connectivity index (χ0n) is 13.7. The first-order valence-electron chi connectivity index (χ1n) is 7.42. The van der Waals surface area contributed by atoms with Crippen LogP contribution in [0.5, 0.6) is 5.75 Å². The average Bonchev–Trinajstić information content (AvgIpc) is 2.82. The number of esters is 1. The third kappa shape index (κ3) is 4.45. The fraction of sp³-hybridized carbons (Fsp3) is 0.438. The van der Waals surface area contributed by atoms with E-state index in [1.165, 1.54) is 0 Å². The second-order valence-electron chi connectivity index (χ2n) is 5.27. The maximum atomic E-state index is 11.6. The van der Waals surface area contributed by atoms with Crippen molar-refractivity contribution in [2.45, 2.75) is 33.3 Å². The maximum Gasteiger partial charge on any atom is 0.313 e. The molecule has 7 heteroatoms. The monoisotopic (exact) mass is 337 g/mol. The van der Waals surface area contributed by atoms with Crippen molar-refractivity contribution in [2.24, 2.45) is 7.05 Å². The lowest BCUT2D eigenvalue weighted by Crippen LogP contribution is -2.11. The van der Waals surface area contributed by atoms with E-state index in [2.05, 4.69) is 10.1 Å². The van der Waals surface area contributed by atoms with E-state index in [0.29, 0.717) is 29.0 Å². The van der Waals surface area contributed by atoms with Crippen LogP contribution in [0.4, 0.5) is 0 Å². The molecule has 0 bridgehead atoms. The average molecular weight is 338 g/mol. The minimum Gasteiger partial charge on any atom is -0.489 e. The van der Waals surface area contributed by atoms with Gasteiger partial charge in [-0.3, -0.25) is 9.48 Å². The molecule has 0 spiro atoms. The molecule has 1 heterocycles. The van der Waals surface area contributed by atoms with E-state index < -0.39 is 0 Å². The molecule has 0 aliphatic carbocycles. The number of carbonyl (C=O) groups excluding carboxylic acids is 1. The third-order valence-electron chi connectivity index (χ3n) is 3.01. The molecule has 0 atom stereocenters. The van der Waals surface area contributed by atoms with E-state index in [4.69, 9.17) is 21.1 Å². The molecular weight excluding hydrogens is 318 g/mol. The van der Waals surface area contributed by atoms with Gasteiger partial charge in [0.1, 0.15) is 18.0 Å². The fourth-order valence-corrected chi connectivity index (χ4v) is 2.18. The smallest absolute Gasteiger partial charge is 0.313 e. The van der Waals surface area contributed by atoms with Gasteiger partial charge in [-0.05, 0) is 39.0 Å². The van der Waals surface area contributed by atoms with Gasteiger partial charge in [-0.15, -0.1) is 0 Å². The van der Waals surface area contributed by atoms with Crippen molar-refractivity contribution in [2.75, 3.05) is 6.61 Å².